The van der Waals surface area contributed by atoms with Crippen molar-refractivity contribution in [2.24, 2.45) is 5.92 Å². The van der Waals surface area contributed by atoms with Crippen LogP contribution >= 0.6 is 0 Å². The fourth-order valence-electron chi connectivity index (χ4n) is 2.55. The van der Waals surface area contributed by atoms with Gasteiger partial charge in [0.25, 0.3) is 0 Å². The Morgan fingerprint density at radius 1 is 1.24 bits per heavy atom. The quantitative estimate of drug-likeness (QED) is 0.787. The molecule has 0 atom stereocenters. The zero-order valence-electron chi connectivity index (χ0n) is 14.2. The molecule has 1 aliphatic rings. The highest BCUT2D eigenvalue weighted by molar-refractivity contribution is 5.59. The van der Waals surface area contributed by atoms with Crippen LogP contribution in [0.5, 0.6) is 0 Å². The minimum Gasteiger partial charge on any atom is -0.370 e. The van der Waals surface area contributed by atoms with Gasteiger partial charge in [0.2, 0.25) is 0 Å². The molecule has 0 spiro atoms. The number of hydrogen-bond donors (Lipinski definition) is 1. The van der Waals surface area contributed by atoms with Crippen LogP contribution in [0.1, 0.15) is 57.8 Å². The summed E-state index contributed by atoms with van der Waals surface area (Å²) in [5.74, 6) is 3.75. The second-order valence-corrected chi connectivity index (χ2v) is 6.60. The van der Waals surface area contributed by atoms with Crippen LogP contribution in [0.4, 0.5) is 11.6 Å². The van der Waals surface area contributed by atoms with Gasteiger partial charge in [0.1, 0.15) is 17.5 Å². The fraction of sp³-hybridized carbons (Fsp3) is 0.765. The highest BCUT2D eigenvalue weighted by atomic mass is 15.2. The standard InChI is InChI=1S/C17H30N4/c1-6-10-18-16-13(4)17(20-14(5)19-16)21(15-7-8-15)11-9-12(2)3/h12,15H,6-11H2,1-5H3,(H,18,19,20). The topological polar surface area (TPSA) is 41.1 Å². The van der Waals surface area contributed by atoms with Gasteiger partial charge in [-0.1, -0.05) is 20.8 Å². The largest absolute Gasteiger partial charge is 0.370 e. The molecule has 0 bridgehead atoms. The van der Waals surface area contributed by atoms with Crippen LogP contribution in [0.15, 0.2) is 0 Å². The van der Waals surface area contributed by atoms with Crippen molar-refractivity contribution < 1.29 is 0 Å². The zero-order valence-corrected chi connectivity index (χ0v) is 14.2. The summed E-state index contributed by atoms with van der Waals surface area (Å²) in [6, 6.07) is 0.691. The third-order valence-corrected chi connectivity index (χ3v) is 3.98. The van der Waals surface area contributed by atoms with Gasteiger partial charge in [0.05, 0.1) is 0 Å². The summed E-state index contributed by atoms with van der Waals surface area (Å²) in [6.45, 7) is 13.0. The first-order valence-electron chi connectivity index (χ1n) is 8.38. The first-order chi connectivity index (χ1) is 10.0. The van der Waals surface area contributed by atoms with Crippen molar-refractivity contribution in [3.8, 4) is 0 Å². The normalized spacial score (nSPS) is 14.6. The molecule has 0 radical (unpaired) electrons. The van der Waals surface area contributed by atoms with E-state index in [0.717, 1.165) is 42.9 Å². The number of rotatable bonds is 8. The van der Waals surface area contributed by atoms with Crippen LogP contribution in [0.3, 0.4) is 0 Å². The van der Waals surface area contributed by atoms with E-state index in [1.54, 1.807) is 0 Å². The highest BCUT2D eigenvalue weighted by Crippen LogP contribution is 2.34. The molecule has 0 aromatic carbocycles. The van der Waals surface area contributed by atoms with Gasteiger partial charge in [0.15, 0.2) is 0 Å². The van der Waals surface area contributed by atoms with Gasteiger partial charge in [-0.25, -0.2) is 9.97 Å². The predicted octanol–water partition coefficient (Wildman–Crippen LogP) is 3.93. The van der Waals surface area contributed by atoms with E-state index >= 15 is 0 Å². The summed E-state index contributed by atoms with van der Waals surface area (Å²) in [6.07, 6.45) is 4.94. The lowest BCUT2D eigenvalue weighted by Crippen LogP contribution is -2.30. The Bertz CT molecular complexity index is 466. The van der Waals surface area contributed by atoms with Crippen molar-refractivity contribution >= 4 is 11.6 Å². The van der Waals surface area contributed by atoms with E-state index in [2.05, 4.69) is 42.9 Å². The van der Waals surface area contributed by atoms with Crippen molar-refractivity contribution in [3.05, 3.63) is 11.4 Å². The monoisotopic (exact) mass is 290 g/mol. The Balaban J connectivity index is 2.24. The molecule has 0 amide bonds. The summed E-state index contributed by atoms with van der Waals surface area (Å²) in [4.78, 5) is 11.9. The Hall–Kier alpha value is -1.32. The van der Waals surface area contributed by atoms with E-state index < -0.39 is 0 Å². The lowest BCUT2D eigenvalue weighted by atomic mass is 10.1. The van der Waals surface area contributed by atoms with E-state index in [1.807, 2.05) is 6.92 Å². The number of hydrogen-bond acceptors (Lipinski definition) is 4. The molecule has 1 N–H and O–H groups in total. The van der Waals surface area contributed by atoms with Crippen LogP contribution in [0.25, 0.3) is 0 Å². The van der Waals surface area contributed by atoms with E-state index in [1.165, 1.54) is 24.8 Å². The molecule has 1 heterocycles. The number of nitrogens with zero attached hydrogens (tertiary/aromatic N) is 3. The maximum Gasteiger partial charge on any atom is 0.137 e. The van der Waals surface area contributed by atoms with Gasteiger partial charge in [-0.3, -0.25) is 0 Å². The maximum absolute atomic E-state index is 4.76. The number of aromatic nitrogens is 2. The molecule has 1 saturated carbocycles. The van der Waals surface area contributed by atoms with Crippen LogP contribution in [-0.4, -0.2) is 29.1 Å². The van der Waals surface area contributed by atoms with Crippen molar-refractivity contribution in [2.75, 3.05) is 23.3 Å². The lowest BCUT2D eigenvalue weighted by Gasteiger charge is -2.27. The third-order valence-electron chi connectivity index (χ3n) is 3.98. The molecule has 0 saturated heterocycles. The Labute approximate surface area is 129 Å². The molecule has 0 aliphatic heterocycles. The van der Waals surface area contributed by atoms with Crippen molar-refractivity contribution in [3.63, 3.8) is 0 Å². The van der Waals surface area contributed by atoms with Crippen LogP contribution in [-0.2, 0) is 0 Å². The molecule has 118 valence electrons. The zero-order chi connectivity index (χ0) is 15.4. The molecular formula is C17H30N4. The molecule has 4 nitrogen and oxygen atoms in total. The SMILES string of the molecule is CCCNc1nc(C)nc(N(CCC(C)C)C2CC2)c1C. The van der Waals surface area contributed by atoms with E-state index in [0.29, 0.717) is 6.04 Å². The van der Waals surface area contributed by atoms with Crippen molar-refractivity contribution in [2.45, 2.75) is 66.3 Å². The summed E-state index contributed by atoms with van der Waals surface area (Å²) in [5.41, 5.74) is 1.20. The van der Waals surface area contributed by atoms with Gasteiger partial charge in [-0.05, 0) is 45.4 Å². The first kappa shape index (κ1) is 16.1. The van der Waals surface area contributed by atoms with Gasteiger partial charge in [0, 0.05) is 24.7 Å². The summed E-state index contributed by atoms with van der Waals surface area (Å²) in [7, 11) is 0. The maximum atomic E-state index is 4.76. The average Bonchev–Trinajstić information content (AvgIpc) is 3.25. The molecule has 21 heavy (non-hydrogen) atoms. The van der Waals surface area contributed by atoms with Crippen LogP contribution in [0, 0.1) is 19.8 Å². The Kier molecular flexibility index (Phi) is 5.43. The molecule has 4 heteroatoms. The minimum atomic E-state index is 0.691. The van der Waals surface area contributed by atoms with Gasteiger partial charge in [-0.2, -0.15) is 0 Å². The Morgan fingerprint density at radius 3 is 2.52 bits per heavy atom. The molecule has 1 aromatic heterocycles. The average molecular weight is 290 g/mol. The second kappa shape index (κ2) is 7.10. The van der Waals surface area contributed by atoms with Crippen LogP contribution in [0.2, 0.25) is 0 Å². The fourth-order valence-corrected chi connectivity index (χ4v) is 2.55. The van der Waals surface area contributed by atoms with E-state index in [-0.39, 0.29) is 0 Å². The molecule has 0 unspecified atom stereocenters. The summed E-state index contributed by atoms with van der Waals surface area (Å²) >= 11 is 0. The molecule has 2 rings (SSSR count). The molecule has 1 aromatic rings. The van der Waals surface area contributed by atoms with Gasteiger partial charge in [-0.15, -0.1) is 0 Å². The molecular weight excluding hydrogens is 260 g/mol. The van der Waals surface area contributed by atoms with E-state index in [4.69, 9.17) is 4.98 Å². The minimum absolute atomic E-state index is 0.691. The highest BCUT2D eigenvalue weighted by Gasteiger charge is 2.31. The first-order valence-corrected chi connectivity index (χ1v) is 8.38. The van der Waals surface area contributed by atoms with Crippen molar-refractivity contribution in [1.82, 2.24) is 9.97 Å². The predicted molar refractivity (Wildman–Crippen MR) is 90.1 cm³/mol. The second-order valence-electron chi connectivity index (χ2n) is 6.60. The lowest BCUT2D eigenvalue weighted by molar-refractivity contribution is 0.567. The number of aryl methyl sites for hydroxylation is 1. The summed E-state index contributed by atoms with van der Waals surface area (Å²) < 4.78 is 0. The van der Waals surface area contributed by atoms with Gasteiger partial charge < -0.3 is 10.2 Å². The third kappa shape index (κ3) is 4.32. The molecule has 1 aliphatic carbocycles. The smallest absolute Gasteiger partial charge is 0.137 e. The van der Waals surface area contributed by atoms with E-state index in [9.17, 15) is 0 Å². The molecule has 1 fully saturated rings. The Morgan fingerprint density at radius 2 is 1.95 bits per heavy atom. The number of nitrogens with one attached hydrogen (secondary N) is 1. The number of anilines is 2. The van der Waals surface area contributed by atoms with Crippen molar-refractivity contribution in [1.29, 1.82) is 0 Å². The van der Waals surface area contributed by atoms with Gasteiger partial charge >= 0.3 is 0 Å². The van der Waals surface area contributed by atoms with Crippen LogP contribution < -0.4 is 10.2 Å². The summed E-state index contributed by atoms with van der Waals surface area (Å²) in [5, 5.41) is 3.45.